The van der Waals surface area contributed by atoms with Crippen molar-refractivity contribution in [2.75, 3.05) is 0 Å². The fourth-order valence-electron chi connectivity index (χ4n) is 8.89. The van der Waals surface area contributed by atoms with E-state index in [0.29, 0.717) is 0 Å². The van der Waals surface area contributed by atoms with Gasteiger partial charge in [0, 0.05) is 0 Å². The Kier molecular flexibility index (Phi) is 7.23. The summed E-state index contributed by atoms with van der Waals surface area (Å²) in [7, 11) is 0. The maximum atomic E-state index is 2.40. The van der Waals surface area contributed by atoms with Crippen molar-refractivity contribution in [3.63, 3.8) is 0 Å². The number of rotatable bonds is 3. The first-order valence-corrected chi connectivity index (χ1v) is 17.8. The van der Waals surface area contributed by atoms with Gasteiger partial charge in [-0.05, 0) is 110 Å². The zero-order valence-electron chi connectivity index (χ0n) is 28.2. The monoisotopic (exact) mass is 650 g/mol. The predicted octanol–water partition coefficient (Wildman–Crippen LogP) is 15.1. The summed E-state index contributed by atoms with van der Waals surface area (Å²) in [6, 6.07) is 63.0. The molecule has 0 saturated heterocycles. The summed E-state index contributed by atoms with van der Waals surface area (Å²) in [5.41, 5.74) is 18.4. The summed E-state index contributed by atoms with van der Waals surface area (Å²) in [5.74, 6) is 0. The molecule has 0 bridgehead atoms. The average molecular weight is 651 g/mol. The van der Waals surface area contributed by atoms with Crippen LogP contribution < -0.4 is 0 Å². The van der Waals surface area contributed by atoms with Crippen LogP contribution in [0.15, 0.2) is 170 Å². The van der Waals surface area contributed by atoms with E-state index in [1.165, 1.54) is 110 Å². The third-order valence-electron chi connectivity index (χ3n) is 10.8. The fraction of sp³-hybridized carbons (Fsp3) is 0.0588. The van der Waals surface area contributed by atoms with Gasteiger partial charge in [-0.3, -0.25) is 0 Å². The molecule has 0 heteroatoms. The Bertz CT molecular complexity index is 2680. The van der Waals surface area contributed by atoms with Gasteiger partial charge in [0.05, 0.1) is 0 Å². The lowest BCUT2D eigenvalue weighted by Crippen LogP contribution is -1.93. The fourth-order valence-corrected chi connectivity index (χ4v) is 8.89. The first kappa shape index (κ1) is 30.8. The predicted molar refractivity (Wildman–Crippen MR) is 222 cm³/mol. The summed E-state index contributed by atoms with van der Waals surface area (Å²) < 4.78 is 0. The molecule has 0 unspecified atom stereocenters. The molecular weight excluding hydrogens is 613 g/mol. The van der Waals surface area contributed by atoms with Gasteiger partial charge in [0.25, 0.3) is 0 Å². The summed E-state index contributed by atoms with van der Waals surface area (Å²) in [4.78, 5) is 0. The van der Waals surface area contributed by atoms with Crippen LogP contribution in [0.2, 0.25) is 0 Å². The van der Waals surface area contributed by atoms with Crippen molar-refractivity contribution in [3.05, 3.63) is 170 Å². The molecule has 0 spiro atoms. The van der Waals surface area contributed by atoms with E-state index in [1.54, 1.807) is 0 Å². The van der Waals surface area contributed by atoms with Crippen LogP contribution in [0.1, 0.15) is 21.3 Å². The van der Waals surface area contributed by atoms with E-state index in [4.69, 9.17) is 0 Å². The first-order chi connectivity index (χ1) is 24.9. The van der Waals surface area contributed by atoms with E-state index in [0.717, 1.165) is 0 Å². The topological polar surface area (TPSA) is 0 Å². The van der Waals surface area contributed by atoms with Gasteiger partial charge >= 0.3 is 0 Å². The third kappa shape index (κ3) is 4.27. The van der Waals surface area contributed by atoms with Crippen molar-refractivity contribution in [2.24, 2.45) is 0 Å². The smallest absolute Gasteiger partial charge is 0.000741 e. The minimum Gasteiger partial charge on any atom is -0.0776 e. The van der Waals surface area contributed by atoms with Crippen LogP contribution in [0.25, 0.3) is 110 Å². The van der Waals surface area contributed by atoms with Gasteiger partial charge in [-0.2, -0.15) is 0 Å². The van der Waals surface area contributed by atoms with Gasteiger partial charge in [-0.15, -0.1) is 0 Å². The first-order valence-electron chi connectivity index (χ1n) is 17.8. The van der Waals surface area contributed by atoms with Gasteiger partial charge in [-0.25, -0.2) is 0 Å². The highest BCUT2D eigenvalue weighted by atomic mass is 14.3. The second kappa shape index (κ2) is 12.0. The van der Waals surface area contributed by atoms with Crippen molar-refractivity contribution in [3.8, 4) is 77.9 Å². The summed E-state index contributed by atoms with van der Waals surface area (Å²) in [5, 5.41) is 7.92. The molecule has 242 valence electrons. The van der Waals surface area contributed by atoms with Crippen LogP contribution in [0.4, 0.5) is 0 Å². The molecule has 9 aromatic rings. The summed E-state index contributed by atoms with van der Waals surface area (Å²) in [6.45, 7) is 4.00. The molecule has 0 fully saturated rings. The molecule has 9 aromatic carbocycles. The Morgan fingerprint density at radius 2 is 0.569 bits per heavy atom. The van der Waals surface area contributed by atoms with E-state index in [-0.39, 0.29) is 7.43 Å². The zero-order valence-corrected chi connectivity index (χ0v) is 28.2. The lowest BCUT2D eigenvalue weighted by molar-refractivity contribution is 1.50. The average Bonchev–Trinajstić information content (AvgIpc) is 3.70. The molecule has 51 heavy (non-hydrogen) atoms. The third-order valence-corrected chi connectivity index (χ3v) is 10.8. The minimum atomic E-state index is 0. The lowest BCUT2D eigenvalue weighted by atomic mass is 9.82. The van der Waals surface area contributed by atoms with Crippen molar-refractivity contribution in [1.82, 2.24) is 0 Å². The van der Waals surface area contributed by atoms with Gasteiger partial charge < -0.3 is 0 Å². The molecule has 0 heterocycles. The quantitative estimate of drug-likeness (QED) is 0.178. The Balaban J connectivity index is 0.00000114. The Labute approximate surface area is 300 Å². The second-order valence-electron chi connectivity index (χ2n) is 13.1. The molecule has 0 amide bonds. The SMILES string of the molecule is C.CC.c1ccc(-c2c3c(c(-c4ccccc4)c4ccccc24)-c2ccc(-c4ccc5c6c(cccc46)-c4ccccc4-5)c4cccc-3c24)cc1. The van der Waals surface area contributed by atoms with Crippen LogP contribution in [0, 0.1) is 0 Å². The number of hydrogen-bond acceptors (Lipinski definition) is 0. The minimum absolute atomic E-state index is 0. The Morgan fingerprint density at radius 1 is 0.235 bits per heavy atom. The van der Waals surface area contributed by atoms with Crippen LogP contribution in [-0.2, 0) is 0 Å². The second-order valence-corrected chi connectivity index (χ2v) is 13.1. The van der Waals surface area contributed by atoms with E-state index in [1.807, 2.05) is 13.8 Å². The largest absolute Gasteiger partial charge is 0.0776 e. The molecule has 0 aromatic heterocycles. The molecule has 0 nitrogen and oxygen atoms in total. The van der Waals surface area contributed by atoms with Crippen LogP contribution in [0.3, 0.4) is 0 Å². The number of hydrogen-bond donors (Lipinski definition) is 0. The molecular formula is C51H38. The molecule has 0 saturated carbocycles. The van der Waals surface area contributed by atoms with Crippen molar-refractivity contribution < 1.29 is 0 Å². The van der Waals surface area contributed by atoms with Crippen molar-refractivity contribution >= 4 is 32.3 Å². The Hall–Kier alpha value is -6.24. The highest BCUT2D eigenvalue weighted by Crippen LogP contribution is 2.59. The standard InChI is InChI=1S/C48H28.C2H6.CH4/c1-3-13-29(14-4-1)43-38-19-9-10-20-39(38)44(30-15-5-2-6-16-30)48-42-28-26-34(37-23-12-24-41(46(37)42)47(43)48)33-25-27-40-32-18-8-7-17-31(32)35-21-11-22-36(33)45(35)40;1-2;/h1-28H;1-2H3;1H4. The van der Waals surface area contributed by atoms with Gasteiger partial charge in [0.2, 0.25) is 0 Å². The highest BCUT2D eigenvalue weighted by Gasteiger charge is 2.31. The molecule has 0 N–H and O–H groups in total. The molecule has 0 atom stereocenters. The summed E-state index contributed by atoms with van der Waals surface area (Å²) in [6.07, 6.45) is 0. The van der Waals surface area contributed by atoms with E-state index < -0.39 is 0 Å². The number of benzene rings is 9. The Morgan fingerprint density at radius 3 is 1.10 bits per heavy atom. The molecule has 2 aliphatic rings. The number of fused-ring (bicyclic) bond motifs is 7. The van der Waals surface area contributed by atoms with Crippen molar-refractivity contribution in [1.29, 1.82) is 0 Å². The molecule has 0 radical (unpaired) electrons. The maximum Gasteiger partial charge on any atom is -0.000741 e. The van der Waals surface area contributed by atoms with Crippen molar-refractivity contribution in [2.45, 2.75) is 21.3 Å². The van der Waals surface area contributed by atoms with E-state index in [9.17, 15) is 0 Å². The molecule has 0 aliphatic heterocycles. The molecule has 11 rings (SSSR count). The van der Waals surface area contributed by atoms with Gasteiger partial charge in [-0.1, -0.05) is 191 Å². The van der Waals surface area contributed by atoms with E-state index in [2.05, 4.69) is 170 Å². The van der Waals surface area contributed by atoms with Crippen LogP contribution in [0.5, 0.6) is 0 Å². The zero-order chi connectivity index (χ0) is 33.3. The molecule has 2 aliphatic carbocycles. The van der Waals surface area contributed by atoms with Gasteiger partial charge in [0.1, 0.15) is 0 Å². The summed E-state index contributed by atoms with van der Waals surface area (Å²) >= 11 is 0. The van der Waals surface area contributed by atoms with E-state index >= 15 is 0 Å². The lowest BCUT2D eigenvalue weighted by Gasteiger charge is -2.20. The highest BCUT2D eigenvalue weighted by molar-refractivity contribution is 6.29. The van der Waals surface area contributed by atoms with Crippen LogP contribution in [-0.4, -0.2) is 0 Å². The maximum absolute atomic E-state index is 2.40. The normalized spacial score (nSPS) is 11.6. The van der Waals surface area contributed by atoms with Crippen LogP contribution >= 0.6 is 0 Å². The van der Waals surface area contributed by atoms with Gasteiger partial charge in [0.15, 0.2) is 0 Å².